The maximum Gasteiger partial charge on any atom is 0.156 e. The lowest BCUT2D eigenvalue weighted by molar-refractivity contribution is 0.129. The van der Waals surface area contributed by atoms with Crippen LogP contribution in [-0.2, 0) is 4.74 Å². The lowest BCUT2D eigenvalue weighted by Gasteiger charge is -2.38. The molecule has 1 N–H and O–H groups in total. The zero-order valence-corrected chi connectivity index (χ0v) is 12.6. The van der Waals surface area contributed by atoms with Crippen molar-refractivity contribution in [2.75, 3.05) is 32.1 Å². The molecule has 0 saturated heterocycles. The molecule has 2 aliphatic carbocycles. The maximum atomic E-state index is 5.63. The van der Waals surface area contributed by atoms with Crippen LogP contribution in [0.5, 0.6) is 0 Å². The third-order valence-electron chi connectivity index (χ3n) is 4.56. The lowest BCUT2D eigenvalue weighted by atomic mass is 9.75. The average Bonchev–Trinajstić information content (AvgIpc) is 3.26. The summed E-state index contributed by atoms with van der Waals surface area (Å²) in [6.45, 7) is 3.74. The van der Waals surface area contributed by atoms with Crippen LogP contribution in [0, 0.1) is 11.3 Å². The first-order chi connectivity index (χ1) is 9.36. The molecule has 0 aromatic rings. The number of ether oxygens (including phenoxy) is 1. The second kappa shape index (κ2) is 6.49. The molecule has 0 aromatic heterocycles. The molecular weight excluding hydrogens is 256 g/mol. The third kappa shape index (κ3) is 4.12. The zero-order chi connectivity index (χ0) is 13.0. The summed E-state index contributed by atoms with van der Waals surface area (Å²) in [7, 11) is 0. The van der Waals surface area contributed by atoms with Gasteiger partial charge < -0.3 is 10.1 Å². The Balaban J connectivity index is 1.33. The van der Waals surface area contributed by atoms with Gasteiger partial charge in [0.25, 0.3) is 0 Å². The van der Waals surface area contributed by atoms with E-state index in [1.54, 1.807) is 0 Å². The molecule has 0 atom stereocenters. The summed E-state index contributed by atoms with van der Waals surface area (Å²) < 4.78 is 5.63. The van der Waals surface area contributed by atoms with Crippen LogP contribution in [0.2, 0.25) is 0 Å². The number of aliphatic imine (C=N–C) groups is 1. The number of amidine groups is 1. The minimum Gasteiger partial charge on any atom is -0.379 e. The van der Waals surface area contributed by atoms with Crippen molar-refractivity contribution in [3.63, 3.8) is 0 Å². The van der Waals surface area contributed by atoms with Gasteiger partial charge in [-0.3, -0.25) is 4.99 Å². The Bertz CT molecular complexity index is 322. The van der Waals surface area contributed by atoms with Gasteiger partial charge in [-0.2, -0.15) is 0 Å². The topological polar surface area (TPSA) is 33.6 Å². The van der Waals surface area contributed by atoms with Crippen LogP contribution < -0.4 is 5.32 Å². The van der Waals surface area contributed by atoms with Crippen LogP contribution in [0.25, 0.3) is 0 Å². The second-order valence-corrected chi connectivity index (χ2v) is 7.38. The first-order valence-electron chi connectivity index (χ1n) is 7.85. The van der Waals surface area contributed by atoms with Crippen molar-refractivity contribution in [2.45, 2.75) is 44.9 Å². The van der Waals surface area contributed by atoms with Gasteiger partial charge in [-0.25, -0.2) is 0 Å². The molecule has 0 amide bonds. The summed E-state index contributed by atoms with van der Waals surface area (Å²) in [6.07, 6.45) is 9.78. The van der Waals surface area contributed by atoms with Crippen molar-refractivity contribution in [2.24, 2.45) is 16.3 Å². The van der Waals surface area contributed by atoms with E-state index in [1.807, 2.05) is 11.8 Å². The van der Waals surface area contributed by atoms with Gasteiger partial charge in [-0.15, -0.1) is 0 Å². The van der Waals surface area contributed by atoms with Gasteiger partial charge in [0.2, 0.25) is 0 Å². The Morgan fingerprint density at radius 1 is 1.26 bits per heavy atom. The number of hydrogen-bond acceptors (Lipinski definition) is 4. The normalized spacial score (nSPS) is 26.2. The lowest BCUT2D eigenvalue weighted by Crippen LogP contribution is -2.37. The molecule has 1 spiro atoms. The fraction of sp³-hybridized carbons (Fsp3) is 0.933. The molecule has 19 heavy (non-hydrogen) atoms. The molecule has 4 heteroatoms. The molecule has 2 saturated carbocycles. The van der Waals surface area contributed by atoms with E-state index >= 15 is 0 Å². The first kappa shape index (κ1) is 13.7. The molecule has 0 radical (unpaired) electrons. The molecule has 3 rings (SSSR count). The standard InChI is InChI=1S/C15H26N2OS/c1-2-6-15(7-3-1)11-17-14(19-12-15)16-8-9-18-10-13-4-5-13/h13H,1-12H2,(H,16,17). The molecule has 3 aliphatic rings. The molecule has 3 nitrogen and oxygen atoms in total. The minimum absolute atomic E-state index is 0.538. The molecule has 2 fully saturated rings. The van der Waals surface area contributed by atoms with Gasteiger partial charge in [-0.1, -0.05) is 31.0 Å². The smallest absolute Gasteiger partial charge is 0.156 e. The van der Waals surface area contributed by atoms with Crippen molar-refractivity contribution in [3.8, 4) is 0 Å². The molecule has 108 valence electrons. The number of nitrogens with zero attached hydrogens (tertiary/aromatic N) is 1. The summed E-state index contributed by atoms with van der Waals surface area (Å²) in [4.78, 5) is 4.76. The highest BCUT2D eigenvalue weighted by molar-refractivity contribution is 8.13. The number of rotatable bonds is 5. The number of thioether (sulfide) groups is 1. The summed E-state index contributed by atoms with van der Waals surface area (Å²) >= 11 is 1.93. The van der Waals surface area contributed by atoms with Crippen LogP contribution >= 0.6 is 11.8 Å². The van der Waals surface area contributed by atoms with Crippen LogP contribution in [0.15, 0.2) is 4.99 Å². The highest BCUT2D eigenvalue weighted by Gasteiger charge is 2.34. The van der Waals surface area contributed by atoms with Gasteiger partial charge in [-0.05, 0) is 37.0 Å². The summed E-state index contributed by atoms with van der Waals surface area (Å²) in [5, 5.41) is 4.57. The Morgan fingerprint density at radius 3 is 2.79 bits per heavy atom. The third-order valence-corrected chi connectivity index (χ3v) is 5.86. The predicted molar refractivity (Wildman–Crippen MR) is 81.8 cm³/mol. The second-order valence-electron chi connectivity index (χ2n) is 6.42. The minimum atomic E-state index is 0.538. The SMILES string of the molecule is C1CCC2(CC1)CN=C(NCCOCC1CC1)SC2. The largest absolute Gasteiger partial charge is 0.379 e. The van der Waals surface area contributed by atoms with E-state index in [1.165, 1.54) is 50.7 Å². The van der Waals surface area contributed by atoms with E-state index in [0.29, 0.717) is 5.41 Å². The van der Waals surface area contributed by atoms with Crippen molar-refractivity contribution in [1.82, 2.24) is 5.32 Å². The molecule has 0 aromatic carbocycles. The number of nitrogens with one attached hydrogen (secondary N) is 1. The van der Waals surface area contributed by atoms with Crippen LogP contribution in [0.4, 0.5) is 0 Å². The first-order valence-corrected chi connectivity index (χ1v) is 8.84. The van der Waals surface area contributed by atoms with Gasteiger partial charge in [0.15, 0.2) is 5.17 Å². The molecule has 0 unspecified atom stereocenters. The highest BCUT2D eigenvalue weighted by atomic mass is 32.2. The summed E-state index contributed by atoms with van der Waals surface area (Å²) in [6, 6.07) is 0. The summed E-state index contributed by atoms with van der Waals surface area (Å²) in [5.41, 5.74) is 0.538. The van der Waals surface area contributed by atoms with Crippen molar-refractivity contribution >= 4 is 16.9 Å². The van der Waals surface area contributed by atoms with Gasteiger partial charge in [0.1, 0.15) is 0 Å². The Morgan fingerprint density at radius 2 is 2.11 bits per heavy atom. The van der Waals surface area contributed by atoms with Gasteiger partial charge in [0, 0.05) is 25.4 Å². The average molecular weight is 282 g/mol. The van der Waals surface area contributed by atoms with E-state index < -0.39 is 0 Å². The van der Waals surface area contributed by atoms with Gasteiger partial charge in [0.05, 0.1) is 6.61 Å². The zero-order valence-electron chi connectivity index (χ0n) is 11.8. The van der Waals surface area contributed by atoms with E-state index in [2.05, 4.69) is 5.32 Å². The monoisotopic (exact) mass is 282 g/mol. The van der Waals surface area contributed by atoms with E-state index in [4.69, 9.17) is 9.73 Å². The van der Waals surface area contributed by atoms with E-state index in [-0.39, 0.29) is 0 Å². The fourth-order valence-corrected chi connectivity index (χ4v) is 4.21. The van der Waals surface area contributed by atoms with Crippen molar-refractivity contribution < 1.29 is 4.74 Å². The quantitative estimate of drug-likeness (QED) is 0.787. The maximum absolute atomic E-state index is 5.63. The van der Waals surface area contributed by atoms with Crippen LogP contribution in [-0.4, -0.2) is 37.2 Å². The molecular formula is C15H26N2OS. The predicted octanol–water partition coefficient (Wildman–Crippen LogP) is 3.06. The summed E-state index contributed by atoms with van der Waals surface area (Å²) in [5.74, 6) is 2.13. The molecule has 1 heterocycles. The van der Waals surface area contributed by atoms with E-state index in [0.717, 1.165) is 37.4 Å². The van der Waals surface area contributed by atoms with Crippen molar-refractivity contribution in [3.05, 3.63) is 0 Å². The van der Waals surface area contributed by atoms with Crippen molar-refractivity contribution in [1.29, 1.82) is 0 Å². The molecule has 1 aliphatic heterocycles. The van der Waals surface area contributed by atoms with Crippen LogP contribution in [0.3, 0.4) is 0 Å². The molecule has 0 bridgehead atoms. The Kier molecular flexibility index (Phi) is 4.69. The Labute approximate surface area is 121 Å². The number of hydrogen-bond donors (Lipinski definition) is 1. The Hall–Kier alpha value is -0.220. The van der Waals surface area contributed by atoms with Crippen LogP contribution in [0.1, 0.15) is 44.9 Å². The van der Waals surface area contributed by atoms with Gasteiger partial charge >= 0.3 is 0 Å². The highest BCUT2D eigenvalue weighted by Crippen LogP contribution is 2.41. The fourth-order valence-electron chi connectivity index (χ4n) is 3.03. The van der Waals surface area contributed by atoms with E-state index in [9.17, 15) is 0 Å².